The molecule has 0 bridgehead atoms. The van der Waals surface area contributed by atoms with Crippen molar-refractivity contribution in [3.8, 4) is 11.1 Å². The number of ketones is 1. The van der Waals surface area contributed by atoms with Crippen LogP contribution in [0, 0.1) is 6.92 Å². The first-order valence-corrected chi connectivity index (χ1v) is 9.81. The molecule has 0 unspecified atom stereocenters. The predicted octanol–water partition coefficient (Wildman–Crippen LogP) is 4.74. The lowest BCUT2D eigenvalue weighted by Gasteiger charge is -2.09. The molecule has 0 saturated carbocycles. The van der Waals surface area contributed by atoms with E-state index >= 15 is 0 Å². The molecule has 1 aromatic carbocycles. The zero-order valence-electron chi connectivity index (χ0n) is 14.4. The van der Waals surface area contributed by atoms with Crippen molar-refractivity contribution in [1.29, 1.82) is 0 Å². The van der Waals surface area contributed by atoms with Crippen molar-refractivity contribution in [1.82, 2.24) is 9.55 Å². The maximum Gasteiger partial charge on any atom is 0.262 e. The predicted molar refractivity (Wildman–Crippen MR) is 106 cm³/mol. The van der Waals surface area contributed by atoms with E-state index in [1.54, 1.807) is 22.8 Å². The minimum Gasteiger partial charge on any atom is -0.300 e. The molecule has 0 fully saturated rings. The summed E-state index contributed by atoms with van der Waals surface area (Å²) in [5.74, 6) is 0.726. The van der Waals surface area contributed by atoms with Gasteiger partial charge in [0, 0.05) is 27.9 Å². The highest BCUT2D eigenvalue weighted by molar-refractivity contribution is 9.10. The number of aromatic nitrogens is 2. The summed E-state index contributed by atoms with van der Waals surface area (Å²) in [5, 5.41) is 0.665. The summed E-state index contributed by atoms with van der Waals surface area (Å²) >= 11 is 5.04. The van der Waals surface area contributed by atoms with Crippen LogP contribution in [0.15, 0.2) is 33.5 Å². The standard InChI is InChI=1S/C19H19BrN2O2S/c1-4-15-16(13-5-7-14(20)8-6-13)17-18(25-15)21-12(3)22(19(17)24)10-9-11(2)23/h5-8H,4,9-10H2,1-3H3. The zero-order valence-corrected chi connectivity index (χ0v) is 16.8. The smallest absolute Gasteiger partial charge is 0.262 e. The molecule has 0 N–H and O–H groups in total. The van der Waals surface area contributed by atoms with Crippen LogP contribution in [-0.4, -0.2) is 15.3 Å². The molecule has 3 aromatic rings. The molecule has 0 aliphatic rings. The van der Waals surface area contributed by atoms with Crippen LogP contribution >= 0.6 is 27.3 Å². The summed E-state index contributed by atoms with van der Waals surface area (Å²) in [6.45, 7) is 5.83. The number of fused-ring (bicyclic) bond motifs is 1. The molecular weight excluding hydrogens is 400 g/mol. The quantitative estimate of drug-likeness (QED) is 0.601. The highest BCUT2D eigenvalue weighted by atomic mass is 79.9. The van der Waals surface area contributed by atoms with E-state index in [0.29, 0.717) is 24.2 Å². The van der Waals surface area contributed by atoms with Gasteiger partial charge in [0.25, 0.3) is 5.56 Å². The normalized spacial score (nSPS) is 11.2. The van der Waals surface area contributed by atoms with E-state index in [4.69, 9.17) is 0 Å². The van der Waals surface area contributed by atoms with Gasteiger partial charge in [-0.25, -0.2) is 4.98 Å². The maximum absolute atomic E-state index is 13.2. The molecule has 0 amide bonds. The topological polar surface area (TPSA) is 52.0 Å². The summed E-state index contributed by atoms with van der Waals surface area (Å²) in [5.41, 5.74) is 1.94. The van der Waals surface area contributed by atoms with E-state index in [-0.39, 0.29) is 11.3 Å². The molecule has 4 nitrogen and oxygen atoms in total. The monoisotopic (exact) mass is 418 g/mol. The molecule has 0 atom stereocenters. The molecule has 0 radical (unpaired) electrons. The molecular formula is C19H19BrN2O2S. The summed E-state index contributed by atoms with van der Waals surface area (Å²) < 4.78 is 2.62. The number of nitrogens with zero attached hydrogens (tertiary/aromatic N) is 2. The summed E-state index contributed by atoms with van der Waals surface area (Å²) in [6.07, 6.45) is 1.19. The fraction of sp³-hybridized carbons (Fsp3) is 0.316. The summed E-state index contributed by atoms with van der Waals surface area (Å²) in [7, 11) is 0. The van der Waals surface area contributed by atoms with E-state index < -0.39 is 0 Å². The van der Waals surface area contributed by atoms with Crippen LogP contribution in [0.5, 0.6) is 0 Å². The first-order chi connectivity index (χ1) is 11.9. The van der Waals surface area contributed by atoms with Crippen LogP contribution in [0.25, 0.3) is 21.3 Å². The van der Waals surface area contributed by atoms with E-state index in [9.17, 15) is 9.59 Å². The van der Waals surface area contributed by atoms with Crippen molar-refractivity contribution in [2.24, 2.45) is 0 Å². The summed E-state index contributed by atoms with van der Waals surface area (Å²) in [4.78, 5) is 31.1. The average molecular weight is 419 g/mol. The molecule has 2 heterocycles. The largest absolute Gasteiger partial charge is 0.300 e. The Morgan fingerprint density at radius 1 is 1.28 bits per heavy atom. The van der Waals surface area contributed by atoms with Gasteiger partial charge in [0.05, 0.1) is 5.39 Å². The van der Waals surface area contributed by atoms with E-state index in [0.717, 1.165) is 31.7 Å². The van der Waals surface area contributed by atoms with Gasteiger partial charge in [0.15, 0.2) is 0 Å². The zero-order chi connectivity index (χ0) is 18.1. The minimum absolute atomic E-state index is 0.0578. The number of carbonyl (C=O) groups excluding carboxylic acids is 1. The Morgan fingerprint density at radius 2 is 1.96 bits per heavy atom. The van der Waals surface area contributed by atoms with Crippen LogP contribution < -0.4 is 5.56 Å². The van der Waals surface area contributed by atoms with Crippen LogP contribution in [0.2, 0.25) is 0 Å². The fourth-order valence-electron chi connectivity index (χ4n) is 2.93. The molecule has 0 aliphatic carbocycles. The third kappa shape index (κ3) is 3.46. The van der Waals surface area contributed by atoms with Gasteiger partial charge in [-0.3, -0.25) is 14.2 Å². The van der Waals surface area contributed by atoms with Gasteiger partial charge in [0.2, 0.25) is 0 Å². The van der Waals surface area contributed by atoms with Crippen molar-refractivity contribution in [2.75, 3.05) is 0 Å². The van der Waals surface area contributed by atoms with Crippen molar-refractivity contribution < 1.29 is 4.79 Å². The number of carbonyl (C=O) groups is 1. The van der Waals surface area contributed by atoms with Crippen LogP contribution in [0.3, 0.4) is 0 Å². The minimum atomic E-state index is -0.0578. The third-order valence-corrected chi connectivity index (χ3v) is 5.97. The number of hydrogen-bond donors (Lipinski definition) is 0. The fourth-order valence-corrected chi connectivity index (χ4v) is 4.37. The maximum atomic E-state index is 13.2. The second-order valence-electron chi connectivity index (χ2n) is 6.01. The Kier molecular flexibility index (Phi) is 5.20. The number of Topliss-reactive ketones (excluding diaryl/α,β-unsaturated/α-hetero) is 1. The van der Waals surface area contributed by atoms with E-state index in [1.165, 1.54) is 0 Å². The average Bonchev–Trinajstić information content (AvgIpc) is 2.93. The van der Waals surface area contributed by atoms with Gasteiger partial charge in [-0.05, 0) is 38.0 Å². The third-order valence-electron chi connectivity index (χ3n) is 4.22. The SMILES string of the molecule is CCc1sc2nc(C)n(CCC(C)=O)c(=O)c2c1-c1ccc(Br)cc1. The van der Waals surface area contributed by atoms with Crippen LogP contribution in [-0.2, 0) is 17.8 Å². The highest BCUT2D eigenvalue weighted by Crippen LogP contribution is 2.37. The molecule has 0 aliphatic heterocycles. The van der Waals surface area contributed by atoms with Crippen molar-refractivity contribution in [3.05, 3.63) is 49.8 Å². The lowest BCUT2D eigenvalue weighted by molar-refractivity contribution is -0.117. The Morgan fingerprint density at radius 3 is 2.56 bits per heavy atom. The number of aryl methyl sites for hydroxylation is 2. The van der Waals surface area contributed by atoms with Crippen molar-refractivity contribution in [3.63, 3.8) is 0 Å². The molecule has 0 saturated heterocycles. The first kappa shape index (κ1) is 18.0. The van der Waals surface area contributed by atoms with Crippen molar-refractivity contribution in [2.45, 2.75) is 40.2 Å². The lowest BCUT2D eigenvalue weighted by atomic mass is 10.0. The molecule has 130 valence electrons. The number of halogens is 1. The number of thiophene rings is 1. The molecule has 25 heavy (non-hydrogen) atoms. The number of hydrogen-bond acceptors (Lipinski definition) is 4. The molecule has 6 heteroatoms. The van der Waals surface area contributed by atoms with Gasteiger partial charge in [-0.15, -0.1) is 11.3 Å². The van der Waals surface area contributed by atoms with Crippen LogP contribution in [0.4, 0.5) is 0 Å². The van der Waals surface area contributed by atoms with Gasteiger partial charge in [0.1, 0.15) is 16.4 Å². The highest BCUT2D eigenvalue weighted by Gasteiger charge is 2.19. The van der Waals surface area contributed by atoms with Gasteiger partial charge in [-0.2, -0.15) is 0 Å². The van der Waals surface area contributed by atoms with Gasteiger partial charge < -0.3 is 0 Å². The lowest BCUT2D eigenvalue weighted by Crippen LogP contribution is -2.24. The Balaban J connectivity index is 2.28. The number of rotatable bonds is 5. The Hall–Kier alpha value is -1.79. The van der Waals surface area contributed by atoms with E-state index in [2.05, 4.69) is 27.8 Å². The molecule has 3 rings (SSSR count). The summed E-state index contributed by atoms with van der Waals surface area (Å²) in [6, 6.07) is 8.00. The van der Waals surface area contributed by atoms with Crippen molar-refractivity contribution >= 4 is 43.3 Å². The first-order valence-electron chi connectivity index (χ1n) is 8.20. The van der Waals surface area contributed by atoms with Crippen LogP contribution in [0.1, 0.15) is 31.0 Å². The number of benzene rings is 1. The van der Waals surface area contributed by atoms with E-state index in [1.807, 2.05) is 31.2 Å². The Labute approximate surface area is 158 Å². The van der Waals surface area contributed by atoms with Gasteiger partial charge >= 0.3 is 0 Å². The molecule has 2 aromatic heterocycles. The van der Waals surface area contributed by atoms with Gasteiger partial charge in [-0.1, -0.05) is 35.0 Å². The second kappa shape index (κ2) is 7.22. The molecule has 0 spiro atoms. The second-order valence-corrected chi connectivity index (χ2v) is 8.01. The Bertz CT molecular complexity index is 1000.